The average molecular weight is 304 g/mol. The van der Waals surface area contributed by atoms with E-state index < -0.39 is 5.97 Å². The zero-order valence-electron chi connectivity index (χ0n) is 12.4. The van der Waals surface area contributed by atoms with Gasteiger partial charge < -0.3 is 14.1 Å². The maximum absolute atomic E-state index is 12.5. The molecule has 0 atom stereocenters. The summed E-state index contributed by atoms with van der Waals surface area (Å²) in [5, 5.41) is 4.18. The normalized spacial score (nSPS) is 13.8. The molecule has 1 aliphatic rings. The number of nitrogens with zero attached hydrogens (tertiary/aromatic N) is 4. The number of carbonyl (C=O) groups excluding carboxylic acids is 2. The first-order valence-electron chi connectivity index (χ1n) is 7.00. The molecule has 3 rings (SSSR count). The van der Waals surface area contributed by atoms with Crippen molar-refractivity contribution in [3.63, 3.8) is 0 Å². The topological polar surface area (TPSA) is 90.5 Å². The highest BCUT2D eigenvalue weighted by Gasteiger charge is 2.27. The quantitative estimate of drug-likeness (QED) is 0.782. The van der Waals surface area contributed by atoms with Gasteiger partial charge in [0, 0.05) is 13.0 Å². The molecule has 0 fully saturated rings. The fourth-order valence-electron chi connectivity index (χ4n) is 2.49. The van der Waals surface area contributed by atoms with Gasteiger partial charge in [0.25, 0.3) is 5.91 Å². The molecular weight excluding hydrogens is 288 g/mol. The Morgan fingerprint density at radius 1 is 1.41 bits per heavy atom. The van der Waals surface area contributed by atoms with Crippen LogP contribution < -0.4 is 0 Å². The van der Waals surface area contributed by atoms with E-state index in [1.54, 1.807) is 15.6 Å². The van der Waals surface area contributed by atoms with E-state index in [0.29, 0.717) is 37.5 Å². The van der Waals surface area contributed by atoms with Crippen molar-refractivity contribution in [3.8, 4) is 0 Å². The highest BCUT2D eigenvalue weighted by atomic mass is 16.5. The minimum atomic E-state index is -0.482. The highest BCUT2D eigenvalue weighted by Crippen LogP contribution is 2.18. The first-order chi connectivity index (χ1) is 10.6. The van der Waals surface area contributed by atoms with Gasteiger partial charge in [-0.2, -0.15) is 5.10 Å². The third-order valence-corrected chi connectivity index (χ3v) is 3.64. The predicted molar refractivity (Wildman–Crippen MR) is 74.2 cm³/mol. The van der Waals surface area contributed by atoms with Gasteiger partial charge in [0.15, 0.2) is 17.8 Å². The van der Waals surface area contributed by atoms with E-state index in [-0.39, 0.29) is 11.6 Å². The van der Waals surface area contributed by atoms with E-state index in [4.69, 9.17) is 4.42 Å². The predicted octanol–water partition coefficient (Wildman–Crippen LogP) is 0.876. The number of carbonyl (C=O) groups is 2. The summed E-state index contributed by atoms with van der Waals surface area (Å²) >= 11 is 0. The van der Waals surface area contributed by atoms with Gasteiger partial charge in [-0.25, -0.2) is 9.78 Å². The molecule has 0 spiro atoms. The second-order valence-electron chi connectivity index (χ2n) is 4.94. The molecule has 0 N–H and O–H groups in total. The fraction of sp³-hybridized carbons (Fsp3) is 0.429. The van der Waals surface area contributed by atoms with E-state index in [0.717, 1.165) is 5.69 Å². The lowest BCUT2D eigenvalue weighted by Gasteiger charge is -2.27. The Morgan fingerprint density at radius 3 is 2.95 bits per heavy atom. The van der Waals surface area contributed by atoms with Crippen molar-refractivity contribution < 1.29 is 18.7 Å². The van der Waals surface area contributed by atoms with Crippen LogP contribution in [0.4, 0.5) is 0 Å². The number of amides is 1. The lowest BCUT2D eigenvalue weighted by molar-refractivity contribution is 0.0591. The smallest absolute Gasteiger partial charge is 0.358 e. The van der Waals surface area contributed by atoms with Crippen molar-refractivity contribution >= 4 is 11.9 Å². The Kier molecular flexibility index (Phi) is 3.66. The molecule has 8 heteroatoms. The van der Waals surface area contributed by atoms with Crippen LogP contribution in [0.15, 0.2) is 16.9 Å². The molecule has 0 radical (unpaired) electrons. The summed E-state index contributed by atoms with van der Waals surface area (Å²) in [6.07, 6.45) is 1.90. The first kappa shape index (κ1) is 14.3. The molecule has 8 nitrogen and oxygen atoms in total. The molecule has 0 saturated heterocycles. The molecule has 2 aromatic heterocycles. The number of esters is 1. The van der Waals surface area contributed by atoms with Crippen LogP contribution in [0.25, 0.3) is 0 Å². The molecule has 1 amide bonds. The lowest BCUT2D eigenvalue weighted by Crippen LogP contribution is -2.38. The summed E-state index contributed by atoms with van der Waals surface area (Å²) < 4.78 is 11.6. The molecule has 116 valence electrons. The zero-order valence-corrected chi connectivity index (χ0v) is 12.4. The number of methoxy groups -OCH3 is 1. The minimum Gasteiger partial charge on any atom is -0.464 e. The van der Waals surface area contributed by atoms with Crippen molar-refractivity contribution in [2.75, 3.05) is 13.7 Å². The van der Waals surface area contributed by atoms with Gasteiger partial charge in [-0.3, -0.25) is 9.48 Å². The molecule has 0 aromatic carbocycles. The Bertz CT molecular complexity index is 718. The van der Waals surface area contributed by atoms with Crippen LogP contribution in [0.1, 0.15) is 39.4 Å². The molecule has 1 aliphatic heterocycles. The summed E-state index contributed by atoms with van der Waals surface area (Å²) in [7, 11) is 1.31. The molecule has 0 aliphatic carbocycles. The summed E-state index contributed by atoms with van der Waals surface area (Å²) in [6.45, 7) is 3.31. The van der Waals surface area contributed by atoms with Gasteiger partial charge in [0.2, 0.25) is 0 Å². The van der Waals surface area contributed by atoms with Gasteiger partial charge in [0.05, 0.1) is 25.9 Å². The zero-order chi connectivity index (χ0) is 15.7. The number of rotatable bonds is 3. The van der Waals surface area contributed by atoms with Crippen molar-refractivity contribution in [1.29, 1.82) is 0 Å². The van der Waals surface area contributed by atoms with Crippen molar-refractivity contribution in [2.24, 2.45) is 0 Å². The number of hydrogen-bond donors (Lipinski definition) is 0. The molecule has 0 saturated carbocycles. The maximum atomic E-state index is 12.5. The van der Waals surface area contributed by atoms with Gasteiger partial charge in [-0.1, -0.05) is 6.92 Å². The van der Waals surface area contributed by atoms with Crippen LogP contribution in [-0.2, 0) is 24.2 Å². The number of oxazole rings is 1. The SMILES string of the molecule is CCc1ocnc1C(=O)N1CCn2nc(C(=O)OC)cc2C1. The van der Waals surface area contributed by atoms with Crippen LogP contribution in [0.5, 0.6) is 0 Å². The Labute approximate surface area is 126 Å². The maximum Gasteiger partial charge on any atom is 0.358 e. The summed E-state index contributed by atoms with van der Waals surface area (Å²) in [4.78, 5) is 29.7. The van der Waals surface area contributed by atoms with E-state index in [9.17, 15) is 9.59 Å². The number of aromatic nitrogens is 3. The van der Waals surface area contributed by atoms with Crippen molar-refractivity contribution in [3.05, 3.63) is 35.3 Å². The van der Waals surface area contributed by atoms with E-state index in [1.807, 2.05) is 6.92 Å². The highest BCUT2D eigenvalue weighted by molar-refractivity contribution is 5.93. The van der Waals surface area contributed by atoms with E-state index in [2.05, 4.69) is 14.8 Å². The van der Waals surface area contributed by atoms with Crippen LogP contribution in [-0.4, -0.2) is 45.2 Å². The summed E-state index contributed by atoms with van der Waals surface area (Å²) in [5.74, 6) is -0.0680. The molecule has 0 unspecified atom stereocenters. The molecular formula is C14H16N4O4. The summed E-state index contributed by atoms with van der Waals surface area (Å²) in [5.41, 5.74) is 1.40. The molecule has 22 heavy (non-hydrogen) atoms. The third kappa shape index (κ3) is 2.36. The Balaban J connectivity index is 1.81. The monoisotopic (exact) mass is 304 g/mol. The molecule has 3 heterocycles. The standard InChI is InChI=1S/C14H16N4O4/c1-3-11-12(15-8-22-11)13(19)17-4-5-18-9(7-17)6-10(16-18)14(20)21-2/h6,8H,3-5,7H2,1-2H3. The van der Waals surface area contributed by atoms with Crippen LogP contribution in [0.3, 0.4) is 0 Å². The van der Waals surface area contributed by atoms with Gasteiger partial charge in [-0.15, -0.1) is 0 Å². The number of aryl methyl sites for hydroxylation is 1. The van der Waals surface area contributed by atoms with Crippen LogP contribution in [0.2, 0.25) is 0 Å². The average Bonchev–Trinajstić information content (AvgIpc) is 3.18. The van der Waals surface area contributed by atoms with Gasteiger partial charge >= 0.3 is 5.97 Å². The second kappa shape index (κ2) is 5.63. The van der Waals surface area contributed by atoms with Crippen molar-refractivity contribution in [1.82, 2.24) is 19.7 Å². The van der Waals surface area contributed by atoms with Crippen LogP contribution in [0, 0.1) is 0 Å². The van der Waals surface area contributed by atoms with Crippen LogP contribution >= 0.6 is 0 Å². The van der Waals surface area contributed by atoms with E-state index in [1.165, 1.54) is 13.5 Å². The molecule has 0 bridgehead atoms. The second-order valence-corrected chi connectivity index (χ2v) is 4.94. The van der Waals surface area contributed by atoms with Gasteiger partial charge in [0.1, 0.15) is 5.76 Å². The number of hydrogen-bond acceptors (Lipinski definition) is 6. The Hall–Kier alpha value is -2.64. The first-order valence-corrected chi connectivity index (χ1v) is 7.00. The van der Waals surface area contributed by atoms with Gasteiger partial charge in [-0.05, 0) is 6.07 Å². The lowest BCUT2D eigenvalue weighted by atomic mass is 10.2. The third-order valence-electron chi connectivity index (χ3n) is 3.64. The number of ether oxygens (including phenoxy) is 1. The largest absolute Gasteiger partial charge is 0.464 e. The minimum absolute atomic E-state index is 0.169. The fourth-order valence-corrected chi connectivity index (χ4v) is 2.49. The summed E-state index contributed by atoms with van der Waals surface area (Å²) in [6, 6.07) is 1.65. The Morgan fingerprint density at radius 2 is 2.23 bits per heavy atom. The molecule has 2 aromatic rings. The van der Waals surface area contributed by atoms with E-state index >= 15 is 0 Å². The number of fused-ring (bicyclic) bond motifs is 1. The van der Waals surface area contributed by atoms with Crippen molar-refractivity contribution in [2.45, 2.75) is 26.4 Å².